The van der Waals surface area contributed by atoms with Gasteiger partial charge in [0.2, 0.25) is 5.91 Å². The lowest BCUT2D eigenvalue weighted by Crippen LogP contribution is -2.48. The zero-order valence-electron chi connectivity index (χ0n) is 18.3. The number of hydrogen-bond acceptors (Lipinski definition) is 5. The molecular formula is C24H30N6O2. The van der Waals surface area contributed by atoms with Crippen molar-refractivity contribution in [1.82, 2.24) is 4.90 Å². The molecule has 1 aliphatic heterocycles. The minimum atomic E-state index is -0.597. The predicted octanol–water partition coefficient (Wildman–Crippen LogP) is 2.78. The van der Waals surface area contributed by atoms with E-state index in [9.17, 15) is 14.9 Å². The van der Waals surface area contributed by atoms with Gasteiger partial charge >= 0.3 is 6.03 Å². The first kappa shape index (κ1) is 23.1. The number of hydrogen-bond donors (Lipinski definition) is 3. The van der Waals surface area contributed by atoms with Gasteiger partial charge < -0.3 is 21.7 Å². The van der Waals surface area contributed by atoms with Crippen molar-refractivity contribution in [2.24, 2.45) is 11.5 Å². The summed E-state index contributed by atoms with van der Waals surface area (Å²) in [5, 5.41) is 11.9. The SMILES string of the molecule is CC(CC(N)=O)N1CCC(N(Cc2cccc(C#N)c2)c2ccc(NC(N)=O)cc2)CC1. The van der Waals surface area contributed by atoms with Crippen molar-refractivity contribution in [2.45, 2.75) is 44.8 Å². The Hall–Kier alpha value is -3.57. The lowest BCUT2D eigenvalue weighted by atomic mass is 9.99. The van der Waals surface area contributed by atoms with Gasteiger partial charge in [-0.2, -0.15) is 5.26 Å². The topological polar surface area (TPSA) is 128 Å². The van der Waals surface area contributed by atoms with Crippen LogP contribution in [-0.4, -0.2) is 42.0 Å². The van der Waals surface area contributed by atoms with Gasteiger partial charge in [0, 0.05) is 49.5 Å². The fourth-order valence-corrected chi connectivity index (χ4v) is 4.30. The number of carbonyl (C=O) groups is 2. The molecule has 3 amide bonds. The third kappa shape index (κ3) is 6.22. The van der Waals surface area contributed by atoms with Crippen LogP contribution >= 0.6 is 0 Å². The van der Waals surface area contributed by atoms with Crippen molar-refractivity contribution < 1.29 is 9.59 Å². The number of nitrogens with zero attached hydrogens (tertiary/aromatic N) is 3. The minimum Gasteiger partial charge on any atom is -0.370 e. The summed E-state index contributed by atoms with van der Waals surface area (Å²) in [4.78, 5) is 27.1. The van der Waals surface area contributed by atoms with Gasteiger partial charge in [0.1, 0.15) is 0 Å². The molecule has 1 unspecified atom stereocenters. The van der Waals surface area contributed by atoms with Gasteiger partial charge in [0.05, 0.1) is 11.6 Å². The smallest absolute Gasteiger partial charge is 0.316 e. The molecule has 0 radical (unpaired) electrons. The molecule has 5 N–H and O–H groups in total. The van der Waals surface area contributed by atoms with E-state index in [1.807, 2.05) is 49.4 Å². The molecule has 0 aromatic heterocycles. The zero-order chi connectivity index (χ0) is 23.1. The summed E-state index contributed by atoms with van der Waals surface area (Å²) in [5.41, 5.74) is 14.0. The average Bonchev–Trinajstić information content (AvgIpc) is 2.77. The van der Waals surface area contributed by atoms with Gasteiger partial charge in [-0.25, -0.2) is 4.79 Å². The number of anilines is 2. The number of benzene rings is 2. The van der Waals surface area contributed by atoms with Crippen LogP contribution in [-0.2, 0) is 11.3 Å². The second kappa shape index (κ2) is 10.6. The number of amides is 3. The maximum absolute atomic E-state index is 11.3. The molecule has 0 saturated carbocycles. The van der Waals surface area contributed by atoms with E-state index in [-0.39, 0.29) is 11.9 Å². The third-order valence-electron chi connectivity index (χ3n) is 5.94. The fraction of sp³-hybridized carbons (Fsp3) is 0.375. The van der Waals surface area contributed by atoms with Gasteiger partial charge in [-0.3, -0.25) is 9.69 Å². The Morgan fingerprint density at radius 2 is 1.88 bits per heavy atom. The zero-order valence-corrected chi connectivity index (χ0v) is 18.3. The Morgan fingerprint density at radius 3 is 2.47 bits per heavy atom. The van der Waals surface area contributed by atoms with Crippen LogP contribution in [0.2, 0.25) is 0 Å². The van der Waals surface area contributed by atoms with Gasteiger partial charge in [-0.15, -0.1) is 0 Å². The van der Waals surface area contributed by atoms with Crippen LogP contribution in [0.4, 0.5) is 16.2 Å². The van der Waals surface area contributed by atoms with E-state index >= 15 is 0 Å². The van der Waals surface area contributed by atoms with Gasteiger partial charge in [0.25, 0.3) is 0 Å². The van der Waals surface area contributed by atoms with Gasteiger partial charge in [0.15, 0.2) is 0 Å². The standard InChI is InChI=1S/C24H30N6O2/c1-17(13-23(26)31)29-11-9-22(10-12-29)30(16-19-4-2-3-18(14-19)15-25)21-7-5-20(6-8-21)28-24(27)32/h2-8,14,17,22H,9-13,16H2,1H3,(H2,26,31)(H3,27,28,32). The molecule has 1 aliphatic rings. The lowest BCUT2D eigenvalue weighted by molar-refractivity contribution is -0.119. The highest BCUT2D eigenvalue weighted by Crippen LogP contribution is 2.28. The van der Waals surface area contributed by atoms with Crippen LogP contribution < -0.4 is 21.7 Å². The number of piperidine rings is 1. The number of nitrogens with two attached hydrogens (primary N) is 2. The Balaban J connectivity index is 1.78. The van der Waals surface area contributed by atoms with Crippen LogP contribution in [0.5, 0.6) is 0 Å². The molecule has 2 aromatic carbocycles. The number of carbonyl (C=O) groups excluding carboxylic acids is 2. The number of nitriles is 1. The summed E-state index contributed by atoms with van der Waals surface area (Å²) in [5.74, 6) is -0.275. The van der Waals surface area contributed by atoms with E-state index in [1.54, 1.807) is 6.07 Å². The summed E-state index contributed by atoms with van der Waals surface area (Å²) in [6.45, 7) is 4.48. The molecule has 0 aliphatic carbocycles. The summed E-state index contributed by atoms with van der Waals surface area (Å²) in [6.07, 6.45) is 2.26. The van der Waals surface area contributed by atoms with Crippen molar-refractivity contribution in [2.75, 3.05) is 23.3 Å². The maximum atomic E-state index is 11.3. The van der Waals surface area contributed by atoms with Crippen LogP contribution in [0.1, 0.15) is 37.3 Å². The number of rotatable bonds is 8. The van der Waals surface area contributed by atoms with Crippen LogP contribution in [0.25, 0.3) is 0 Å². The monoisotopic (exact) mass is 434 g/mol. The second-order valence-electron chi connectivity index (χ2n) is 8.26. The first-order chi connectivity index (χ1) is 15.4. The van der Waals surface area contributed by atoms with Crippen molar-refractivity contribution in [3.8, 4) is 6.07 Å². The number of urea groups is 1. The highest BCUT2D eigenvalue weighted by molar-refractivity contribution is 5.88. The quantitative estimate of drug-likeness (QED) is 0.588. The predicted molar refractivity (Wildman–Crippen MR) is 125 cm³/mol. The van der Waals surface area contributed by atoms with Crippen molar-refractivity contribution >= 4 is 23.3 Å². The van der Waals surface area contributed by atoms with Gasteiger partial charge in [-0.1, -0.05) is 12.1 Å². The Labute approximate surface area is 188 Å². The minimum absolute atomic E-state index is 0.133. The van der Waals surface area contributed by atoms with E-state index in [0.717, 1.165) is 37.2 Å². The highest BCUT2D eigenvalue weighted by atomic mass is 16.2. The van der Waals surface area contributed by atoms with E-state index in [1.165, 1.54) is 0 Å². The highest BCUT2D eigenvalue weighted by Gasteiger charge is 2.28. The van der Waals surface area contributed by atoms with Crippen molar-refractivity contribution in [3.63, 3.8) is 0 Å². The number of likely N-dealkylation sites (tertiary alicyclic amines) is 1. The molecule has 1 fully saturated rings. The number of nitrogens with one attached hydrogen (secondary N) is 1. The fourth-order valence-electron chi connectivity index (χ4n) is 4.30. The van der Waals surface area contributed by atoms with E-state index in [0.29, 0.717) is 30.3 Å². The second-order valence-corrected chi connectivity index (χ2v) is 8.26. The van der Waals surface area contributed by atoms with Crippen molar-refractivity contribution in [3.05, 3.63) is 59.7 Å². The molecule has 3 rings (SSSR count). The van der Waals surface area contributed by atoms with E-state index < -0.39 is 6.03 Å². The first-order valence-electron chi connectivity index (χ1n) is 10.8. The molecule has 1 heterocycles. The normalized spacial score (nSPS) is 15.5. The maximum Gasteiger partial charge on any atom is 0.316 e. The molecule has 0 spiro atoms. The molecular weight excluding hydrogens is 404 g/mol. The average molecular weight is 435 g/mol. The first-order valence-corrected chi connectivity index (χ1v) is 10.8. The Kier molecular flexibility index (Phi) is 7.68. The Bertz CT molecular complexity index is 977. The van der Waals surface area contributed by atoms with Crippen LogP contribution in [0, 0.1) is 11.3 Å². The molecule has 1 saturated heterocycles. The summed E-state index contributed by atoms with van der Waals surface area (Å²) in [6, 6.07) is 17.3. The molecule has 8 heteroatoms. The lowest BCUT2D eigenvalue weighted by Gasteiger charge is -2.41. The largest absolute Gasteiger partial charge is 0.370 e. The third-order valence-corrected chi connectivity index (χ3v) is 5.94. The molecule has 8 nitrogen and oxygen atoms in total. The molecule has 0 bridgehead atoms. The van der Waals surface area contributed by atoms with E-state index in [4.69, 9.17) is 11.5 Å². The molecule has 32 heavy (non-hydrogen) atoms. The molecule has 168 valence electrons. The summed E-state index contributed by atoms with van der Waals surface area (Å²) in [7, 11) is 0. The Morgan fingerprint density at radius 1 is 1.19 bits per heavy atom. The van der Waals surface area contributed by atoms with E-state index in [2.05, 4.69) is 21.2 Å². The molecule has 1 atom stereocenters. The molecule has 2 aromatic rings. The number of primary amides is 2. The summed E-state index contributed by atoms with van der Waals surface area (Å²) < 4.78 is 0. The van der Waals surface area contributed by atoms with Crippen molar-refractivity contribution in [1.29, 1.82) is 5.26 Å². The van der Waals surface area contributed by atoms with Gasteiger partial charge in [-0.05, 0) is 61.7 Å². The summed E-state index contributed by atoms with van der Waals surface area (Å²) >= 11 is 0. The van der Waals surface area contributed by atoms with Crippen LogP contribution in [0.15, 0.2) is 48.5 Å². The van der Waals surface area contributed by atoms with Crippen LogP contribution in [0.3, 0.4) is 0 Å².